The summed E-state index contributed by atoms with van der Waals surface area (Å²) in [5.41, 5.74) is 7.48. The van der Waals surface area contributed by atoms with Gasteiger partial charge in [-0.3, -0.25) is 4.79 Å². The minimum Gasteiger partial charge on any atom is -0.368 e. The number of amides is 1. The van der Waals surface area contributed by atoms with Gasteiger partial charge < -0.3 is 11.1 Å². The maximum atomic E-state index is 11.0. The number of anilines is 1. The van der Waals surface area contributed by atoms with Gasteiger partial charge in [-0.05, 0) is 12.0 Å². The van der Waals surface area contributed by atoms with Gasteiger partial charge in [-0.1, -0.05) is 42.5 Å². The van der Waals surface area contributed by atoms with E-state index in [4.69, 9.17) is 5.73 Å². The number of carbonyl (C=O) groups excluding carboxylic acids is 1. The van der Waals surface area contributed by atoms with E-state index in [1.807, 2.05) is 30.3 Å². The lowest BCUT2D eigenvalue weighted by atomic mass is 10.2. The van der Waals surface area contributed by atoms with Crippen molar-refractivity contribution in [2.45, 2.75) is 26.3 Å². The summed E-state index contributed by atoms with van der Waals surface area (Å²) in [7, 11) is 0. The molecule has 3 N–H and O–H groups in total. The molecule has 0 bridgehead atoms. The maximum absolute atomic E-state index is 11.0. The molecule has 0 radical (unpaired) electrons. The highest BCUT2D eigenvalue weighted by Crippen LogP contribution is 2.19. The number of hydrogen-bond acceptors (Lipinski definition) is 6. The normalized spacial score (nSPS) is 10.9. The number of aryl methyl sites for hydroxylation is 1. The number of primary amides is 1. The van der Waals surface area contributed by atoms with Crippen molar-refractivity contribution in [1.82, 2.24) is 25.0 Å². The number of hydrogen-bond donors (Lipinski definition) is 2. The summed E-state index contributed by atoms with van der Waals surface area (Å²) in [6, 6.07) is 9.97. The van der Waals surface area contributed by atoms with Crippen molar-refractivity contribution in [1.29, 1.82) is 0 Å². The number of benzene rings is 1. The van der Waals surface area contributed by atoms with Crippen LogP contribution < -0.4 is 11.1 Å². The lowest BCUT2D eigenvalue weighted by Crippen LogP contribution is -2.22. The fourth-order valence-electron chi connectivity index (χ4n) is 2.39. The van der Waals surface area contributed by atoms with Gasteiger partial charge in [0, 0.05) is 6.42 Å². The van der Waals surface area contributed by atoms with Gasteiger partial charge in [0.15, 0.2) is 17.0 Å². The van der Waals surface area contributed by atoms with Gasteiger partial charge in [0.2, 0.25) is 5.91 Å². The van der Waals surface area contributed by atoms with Crippen LogP contribution in [0.2, 0.25) is 0 Å². The second-order valence-electron chi connectivity index (χ2n) is 5.46. The Labute approximate surface area is 139 Å². The third-order valence-electron chi connectivity index (χ3n) is 3.49. The molecule has 1 aromatic carbocycles. The molecule has 0 aliphatic carbocycles. The topological polar surface area (TPSA) is 112 Å². The molecule has 8 heteroatoms. The summed E-state index contributed by atoms with van der Waals surface area (Å²) >= 11 is 0. The first-order valence-electron chi connectivity index (χ1n) is 7.83. The van der Waals surface area contributed by atoms with Crippen LogP contribution >= 0.6 is 0 Å². The Morgan fingerprint density at radius 2 is 2.04 bits per heavy atom. The first-order valence-corrected chi connectivity index (χ1v) is 7.83. The average Bonchev–Trinajstić information content (AvgIpc) is 2.97. The molecular weight excluding hydrogens is 306 g/mol. The van der Waals surface area contributed by atoms with Crippen molar-refractivity contribution in [2.24, 2.45) is 5.73 Å². The first-order chi connectivity index (χ1) is 11.7. The summed E-state index contributed by atoms with van der Waals surface area (Å²) in [6.45, 7) is 2.61. The van der Waals surface area contributed by atoms with E-state index >= 15 is 0 Å². The summed E-state index contributed by atoms with van der Waals surface area (Å²) in [5, 5.41) is 11.3. The van der Waals surface area contributed by atoms with Crippen LogP contribution in [0.1, 0.15) is 24.7 Å². The second-order valence-corrected chi connectivity index (χ2v) is 5.46. The predicted molar refractivity (Wildman–Crippen MR) is 90.3 cm³/mol. The molecule has 3 rings (SSSR count). The van der Waals surface area contributed by atoms with Crippen molar-refractivity contribution in [2.75, 3.05) is 11.9 Å². The molecule has 2 heterocycles. The van der Waals surface area contributed by atoms with Gasteiger partial charge >= 0.3 is 0 Å². The molecule has 0 aliphatic heterocycles. The van der Waals surface area contributed by atoms with Crippen LogP contribution in [0.15, 0.2) is 30.3 Å². The Morgan fingerprint density at radius 1 is 1.25 bits per heavy atom. The molecule has 0 fully saturated rings. The molecular formula is C16H19N7O. The molecule has 0 spiro atoms. The third kappa shape index (κ3) is 3.48. The van der Waals surface area contributed by atoms with Crippen LogP contribution in [0, 0.1) is 0 Å². The smallest absolute Gasteiger partial charge is 0.236 e. The highest BCUT2D eigenvalue weighted by atomic mass is 16.1. The Hall–Kier alpha value is -3.03. The Kier molecular flexibility index (Phi) is 4.64. The number of carbonyl (C=O) groups is 1. The Balaban J connectivity index is 2.00. The monoisotopic (exact) mass is 325 g/mol. The first kappa shape index (κ1) is 15.9. The summed E-state index contributed by atoms with van der Waals surface area (Å²) < 4.78 is 1.74. The predicted octanol–water partition coefficient (Wildman–Crippen LogP) is 1.12. The highest BCUT2D eigenvalue weighted by molar-refractivity contribution is 5.85. The standard InChI is InChI=1S/C16H19N7O/c1-2-6-13-19-15(18-9-12(17)24)14-16(20-13)23(22-21-14)10-11-7-4-3-5-8-11/h3-5,7-8H,2,6,9-10H2,1H3,(H2,17,24)(H,18,19,20). The number of rotatable bonds is 7. The summed E-state index contributed by atoms with van der Waals surface area (Å²) in [5.74, 6) is 0.714. The fourth-order valence-corrected chi connectivity index (χ4v) is 2.39. The van der Waals surface area contributed by atoms with Crippen LogP contribution in [0.4, 0.5) is 5.82 Å². The lowest BCUT2D eigenvalue weighted by molar-refractivity contribution is -0.116. The van der Waals surface area contributed by atoms with Crippen molar-refractivity contribution in [3.8, 4) is 0 Å². The minimum absolute atomic E-state index is 0.0107. The Morgan fingerprint density at radius 3 is 2.75 bits per heavy atom. The zero-order valence-corrected chi connectivity index (χ0v) is 13.4. The van der Waals surface area contributed by atoms with E-state index in [1.54, 1.807) is 4.68 Å². The number of nitrogens with zero attached hydrogens (tertiary/aromatic N) is 5. The number of nitrogens with one attached hydrogen (secondary N) is 1. The van der Waals surface area contributed by atoms with E-state index in [0.717, 1.165) is 18.4 Å². The molecule has 0 unspecified atom stereocenters. The molecule has 24 heavy (non-hydrogen) atoms. The number of aromatic nitrogens is 5. The quantitative estimate of drug-likeness (QED) is 0.673. The summed E-state index contributed by atoms with van der Waals surface area (Å²) in [6.07, 6.45) is 1.65. The molecule has 0 saturated heterocycles. The lowest BCUT2D eigenvalue weighted by Gasteiger charge is -2.07. The summed E-state index contributed by atoms with van der Waals surface area (Å²) in [4.78, 5) is 20.1. The zero-order valence-electron chi connectivity index (χ0n) is 13.4. The molecule has 0 aliphatic rings. The molecule has 0 atom stereocenters. The van der Waals surface area contributed by atoms with Gasteiger partial charge in [-0.2, -0.15) is 0 Å². The molecule has 3 aromatic rings. The molecule has 0 saturated carbocycles. The van der Waals surface area contributed by atoms with Crippen molar-refractivity contribution in [3.05, 3.63) is 41.7 Å². The molecule has 124 valence electrons. The fraction of sp³-hybridized carbons (Fsp3) is 0.312. The number of fused-ring (bicyclic) bond motifs is 1. The molecule has 8 nitrogen and oxygen atoms in total. The molecule has 1 amide bonds. The van der Waals surface area contributed by atoms with Crippen molar-refractivity contribution < 1.29 is 4.79 Å². The van der Waals surface area contributed by atoms with E-state index in [9.17, 15) is 4.79 Å². The number of nitrogens with two attached hydrogens (primary N) is 1. The van der Waals surface area contributed by atoms with E-state index in [0.29, 0.717) is 29.4 Å². The van der Waals surface area contributed by atoms with Crippen LogP contribution in [0.3, 0.4) is 0 Å². The largest absolute Gasteiger partial charge is 0.368 e. The van der Waals surface area contributed by atoms with Gasteiger partial charge in [-0.25, -0.2) is 14.6 Å². The van der Waals surface area contributed by atoms with E-state index in [2.05, 4.69) is 32.5 Å². The van der Waals surface area contributed by atoms with Crippen LogP contribution in [0.5, 0.6) is 0 Å². The third-order valence-corrected chi connectivity index (χ3v) is 3.49. The van der Waals surface area contributed by atoms with Crippen LogP contribution in [0.25, 0.3) is 11.2 Å². The Bertz CT molecular complexity index is 844. The average molecular weight is 325 g/mol. The van der Waals surface area contributed by atoms with Gasteiger partial charge in [0.25, 0.3) is 0 Å². The minimum atomic E-state index is -0.463. The van der Waals surface area contributed by atoms with Gasteiger partial charge in [0.05, 0.1) is 13.1 Å². The second kappa shape index (κ2) is 7.03. The van der Waals surface area contributed by atoms with Crippen molar-refractivity contribution >= 4 is 22.9 Å². The van der Waals surface area contributed by atoms with Gasteiger partial charge in [-0.15, -0.1) is 5.10 Å². The van der Waals surface area contributed by atoms with Crippen molar-refractivity contribution in [3.63, 3.8) is 0 Å². The maximum Gasteiger partial charge on any atom is 0.236 e. The van der Waals surface area contributed by atoms with E-state index < -0.39 is 5.91 Å². The van der Waals surface area contributed by atoms with Gasteiger partial charge in [0.1, 0.15) is 5.82 Å². The molecule has 2 aromatic heterocycles. The van der Waals surface area contributed by atoms with Crippen LogP contribution in [-0.4, -0.2) is 37.4 Å². The SMILES string of the molecule is CCCc1nc(NCC(N)=O)c2nnn(Cc3ccccc3)c2n1. The highest BCUT2D eigenvalue weighted by Gasteiger charge is 2.15. The zero-order chi connectivity index (χ0) is 16.9. The van der Waals surface area contributed by atoms with E-state index in [1.165, 1.54) is 0 Å². The van der Waals surface area contributed by atoms with Crippen LogP contribution in [-0.2, 0) is 17.8 Å². The van der Waals surface area contributed by atoms with E-state index in [-0.39, 0.29) is 6.54 Å².